The molecule has 0 amide bonds. The molecule has 0 aliphatic rings. The summed E-state index contributed by atoms with van der Waals surface area (Å²) in [4.78, 5) is 0. The van der Waals surface area contributed by atoms with Crippen LogP contribution in [0.3, 0.4) is 0 Å². The smallest absolute Gasteiger partial charge is 0.416 e. The normalized spacial score (nSPS) is 13.7. The van der Waals surface area contributed by atoms with E-state index >= 15 is 0 Å². The molecule has 0 fully saturated rings. The van der Waals surface area contributed by atoms with Gasteiger partial charge >= 0.3 is 6.18 Å². The lowest BCUT2D eigenvalue weighted by Crippen LogP contribution is -2.42. The van der Waals surface area contributed by atoms with Crippen molar-refractivity contribution in [2.24, 2.45) is 0 Å². The Kier molecular flexibility index (Phi) is 7.54. The number of hydrogen-bond donors (Lipinski definition) is 2. The summed E-state index contributed by atoms with van der Waals surface area (Å²) >= 11 is 0. The van der Waals surface area contributed by atoms with Crippen LogP contribution in [0.1, 0.15) is 44.8 Å². The van der Waals surface area contributed by atoms with E-state index in [-0.39, 0.29) is 23.4 Å². The number of hydrogen-bond acceptors (Lipinski definition) is 6. The summed E-state index contributed by atoms with van der Waals surface area (Å²) in [5, 5.41) is 21.0. The van der Waals surface area contributed by atoms with Crippen LogP contribution in [-0.2, 0) is 10.6 Å². The number of halogens is 3. The van der Waals surface area contributed by atoms with E-state index in [2.05, 4.69) is 49.4 Å². The Hall–Kier alpha value is -2.69. The molecule has 10 heteroatoms. The molecule has 0 aliphatic heterocycles. The van der Waals surface area contributed by atoms with Gasteiger partial charge in [0.25, 0.3) is 0 Å². The van der Waals surface area contributed by atoms with E-state index in [1.165, 1.54) is 12.1 Å². The maximum atomic E-state index is 12.9. The highest BCUT2D eigenvalue weighted by Gasteiger charge is 2.40. The van der Waals surface area contributed by atoms with Crippen molar-refractivity contribution < 1.29 is 27.1 Å². The number of nitrogens with zero attached hydrogens (tertiary/aromatic N) is 2. The van der Waals surface area contributed by atoms with E-state index < -0.39 is 26.2 Å². The molecule has 2 aromatic carbocycles. The molecule has 34 heavy (non-hydrogen) atoms. The average Bonchev–Trinajstić information content (AvgIpc) is 3.23. The van der Waals surface area contributed by atoms with Gasteiger partial charge in [0.15, 0.2) is 8.32 Å². The number of benzene rings is 2. The van der Waals surface area contributed by atoms with Crippen molar-refractivity contribution >= 4 is 19.7 Å². The van der Waals surface area contributed by atoms with Crippen LogP contribution in [0, 0.1) is 0 Å². The van der Waals surface area contributed by atoms with E-state index in [4.69, 9.17) is 8.84 Å². The predicted octanol–water partition coefficient (Wildman–Crippen LogP) is 6.94. The summed E-state index contributed by atoms with van der Waals surface area (Å²) in [6.45, 7) is 10.5. The molecule has 6 nitrogen and oxygen atoms in total. The fourth-order valence-corrected chi connectivity index (χ4v) is 4.32. The number of rotatable bonds is 8. The van der Waals surface area contributed by atoms with Crippen molar-refractivity contribution in [3.63, 3.8) is 0 Å². The maximum absolute atomic E-state index is 12.9. The van der Waals surface area contributed by atoms with Gasteiger partial charge in [0, 0.05) is 18.7 Å². The van der Waals surface area contributed by atoms with E-state index in [1.54, 1.807) is 24.3 Å². The van der Waals surface area contributed by atoms with Gasteiger partial charge in [0.05, 0.1) is 16.8 Å². The number of aliphatic hydroxyl groups is 1. The standard InChI is InChI=1S/C24H30F3N3O3Si/c1-23(2,3)34(4,5)33-20(14-15-31)22-30-29-21(32-22)18-8-6-7-9-19(18)28-17-12-10-16(11-13-17)24(25,26)27/h6-13,20,28,31H,14-15H2,1-5H3. The lowest BCUT2D eigenvalue weighted by Gasteiger charge is -2.38. The van der Waals surface area contributed by atoms with Crippen molar-refractivity contribution in [3.05, 3.63) is 60.0 Å². The molecular weight excluding hydrogens is 463 g/mol. The Labute approximate surface area is 198 Å². The number of anilines is 2. The molecule has 184 valence electrons. The molecule has 0 saturated heterocycles. The van der Waals surface area contributed by atoms with Gasteiger partial charge in [-0.3, -0.25) is 0 Å². The third-order valence-electron chi connectivity index (χ3n) is 6.00. The average molecular weight is 494 g/mol. The Balaban J connectivity index is 1.86. The number of nitrogens with one attached hydrogen (secondary N) is 1. The van der Waals surface area contributed by atoms with Gasteiger partial charge in [-0.05, 0) is 54.5 Å². The van der Waals surface area contributed by atoms with Gasteiger partial charge in [-0.15, -0.1) is 10.2 Å². The zero-order chi connectivity index (χ0) is 25.1. The van der Waals surface area contributed by atoms with E-state index in [9.17, 15) is 18.3 Å². The molecule has 1 unspecified atom stereocenters. The Morgan fingerprint density at radius 1 is 1.03 bits per heavy atom. The Morgan fingerprint density at radius 2 is 1.68 bits per heavy atom. The molecule has 3 rings (SSSR count). The highest BCUT2D eigenvalue weighted by atomic mass is 28.4. The molecule has 1 heterocycles. The first-order valence-corrected chi connectivity index (χ1v) is 13.9. The van der Waals surface area contributed by atoms with Crippen molar-refractivity contribution in [1.29, 1.82) is 0 Å². The van der Waals surface area contributed by atoms with Crippen molar-refractivity contribution in [2.45, 2.75) is 57.6 Å². The summed E-state index contributed by atoms with van der Waals surface area (Å²) in [5.74, 6) is 0.519. The number of aliphatic hydroxyl groups excluding tert-OH is 1. The minimum atomic E-state index is -4.39. The molecule has 0 saturated carbocycles. The van der Waals surface area contributed by atoms with E-state index in [0.29, 0.717) is 23.4 Å². The summed E-state index contributed by atoms with van der Waals surface area (Å²) in [6, 6.07) is 11.9. The van der Waals surface area contributed by atoms with Gasteiger partial charge in [0.2, 0.25) is 11.8 Å². The third-order valence-corrected chi connectivity index (χ3v) is 10.5. The van der Waals surface area contributed by atoms with Crippen molar-refractivity contribution in [2.75, 3.05) is 11.9 Å². The zero-order valence-electron chi connectivity index (χ0n) is 19.9. The van der Waals surface area contributed by atoms with Crippen LogP contribution in [0.4, 0.5) is 24.5 Å². The summed E-state index contributed by atoms with van der Waals surface area (Å²) in [5.41, 5.74) is 0.960. The number of alkyl halides is 3. The van der Waals surface area contributed by atoms with Crippen molar-refractivity contribution in [3.8, 4) is 11.5 Å². The second kappa shape index (κ2) is 9.89. The first-order chi connectivity index (χ1) is 15.8. The minimum Gasteiger partial charge on any atom is -0.418 e. The molecular formula is C24H30F3N3O3Si. The maximum Gasteiger partial charge on any atom is 0.416 e. The molecule has 1 aromatic heterocycles. The van der Waals surface area contributed by atoms with Crippen LogP contribution in [0.2, 0.25) is 18.1 Å². The lowest BCUT2D eigenvalue weighted by atomic mass is 10.1. The lowest BCUT2D eigenvalue weighted by molar-refractivity contribution is -0.137. The molecule has 3 aromatic rings. The highest BCUT2D eigenvalue weighted by molar-refractivity contribution is 6.74. The van der Waals surface area contributed by atoms with Crippen LogP contribution in [0.15, 0.2) is 52.9 Å². The van der Waals surface area contributed by atoms with Gasteiger partial charge in [-0.2, -0.15) is 13.2 Å². The van der Waals surface area contributed by atoms with Crippen LogP contribution in [-0.4, -0.2) is 30.2 Å². The number of aromatic nitrogens is 2. The fourth-order valence-electron chi connectivity index (χ4n) is 3.03. The predicted molar refractivity (Wildman–Crippen MR) is 127 cm³/mol. The van der Waals surface area contributed by atoms with Crippen molar-refractivity contribution in [1.82, 2.24) is 10.2 Å². The number of para-hydroxylation sites is 1. The van der Waals surface area contributed by atoms with Crippen LogP contribution in [0.25, 0.3) is 11.5 Å². The molecule has 0 spiro atoms. The van der Waals surface area contributed by atoms with Gasteiger partial charge in [-0.1, -0.05) is 32.9 Å². The second-order valence-electron chi connectivity index (χ2n) is 9.57. The Morgan fingerprint density at radius 3 is 2.26 bits per heavy atom. The van der Waals surface area contributed by atoms with E-state index in [0.717, 1.165) is 12.1 Å². The molecule has 0 radical (unpaired) electrons. The largest absolute Gasteiger partial charge is 0.418 e. The SMILES string of the molecule is CC(C)(C)[Si](C)(C)OC(CCO)c1nnc(-c2ccccc2Nc2ccc(C(F)(F)F)cc2)o1. The summed E-state index contributed by atoms with van der Waals surface area (Å²) in [7, 11) is -2.17. The highest BCUT2D eigenvalue weighted by Crippen LogP contribution is 2.41. The van der Waals surface area contributed by atoms with Gasteiger partial charge in [-0.25, -0.2) is 0 Å². The zero-order valence-corrected chi connectivity index (χ0v) is 20.9. The molecule has 2 N–H and O–H groups in total. The monoisotopic (exact) mass is 493 g/mol. The van der Waals surface area contributed by atoms with Crippen LogP contribution < -0.4 is 5.32 Å². The fraction of sp³-hybridized carbons (Fsp3) is 0.417. The first kappa shape index (κ1) is 25.9. The van der Waals surface area contributed by atoms with Crippen LogP contribution >= 0.6 is 0 Å². The summed E-state index contributed by atoms with van der Waals surface area (Å²) < 4.78 is 50.9. The quantitative estimate of drug-likeness (QED) is 0.331. The summed E-state index contributed by atoms with van der Waals surface area (Å²) in [6.07, 6.45) is -4.62. The second-order valence-corrected chi connectivity index (χ2v) is 14.3. The molecule has 0 bridgehead atoms. The first-order valence-electron chi connectivity index (χ1n) is 11.0. The molecule has 0 aliphatic carbocycles. The Bertz CT molecular complexity index is 1090. The van der Waals surface area contributed by atoms with Gasteiger partial charge in [0.1, 0.15) is 6.10 Å². The van der Waals surface area contributed by atoms with Crippen LogP contribution in [0.5, 0.6) is 0 Å². The van der Waals surface area contributed by atoms with E-state index in [1.807, 2.05) is 0 Å². The third kappa shape index (κ3) is 6.05. The molecule has 1 atom stereocenters. The minimum absolute atomic E-state index is 0.0399. The van der Waals surface area contributed by atoms with Gasteiger partial charge < -0.3 is 19.3 Å². The topological polar surface area (TPSA) is 80.4 Å².